The predicted octanol–water partition coefficient (Wildman–Crippen LogP) is 1.72. The molecule has 0 amide bonds. The minimum Gasteiger partial charge on any atom is -0.504 e. The maximum atomic E-state index is 9.33. The van der Waals surface area contributed by atoms with Gasteiger partial charge in [0.25, 0.3) is 0 Å². The summed E-state index contributed by atoms with van der Waals surface area (Å²) in [5, 5.41) is 9.33. The van der Waals surface area contributed by atoms with Crippen LogP contribution in [0.15, 0.2) is 18.2 Å². The van der Waals surface area contributed by atoms with Crippen molar-refractivity contribution < 1.29 is 9.84 Å². The Hall–Kier alpha value is -1.18. The molecular formula is C9H10O2. The maximum Gasteiger partial charge on any atom is 0.164 e. The Balaban J connectivity index is 2.49. The van der Waals surface area contributed by atoms with Gasteiger partial charge >= 0.3 is 0 Å². The third-order valence-electron chi connectivity index (χ3n) is 1.91. The van der Waals surface area contributed by atoms with Gasteiger partial charge in [-0.05, 0) is 24.5 Å². The zero-order valence-electron chi connectivity index (χ0n) is 6.21. The number of phenols is 1. The van der Waals surface area contributed by atoms with Crippen molar-refractivity contribution in [3.63, 3.8) is 0 Å². The highest BCUT2D eigenvalue weighted by Crippen LogP contribution is 2.33. The first-order chi connectivity index (χ1) is 5.38. The largest absolute Gasteiger partial charge is 0.504 e. The summed E-state index contributed by atoms with van der Waals surface area (Å²) in [6.45, 7) is 0.727. The van der Waals surface area contributed by atoms with Crippen LogP contribution in [0.2, 0.25) is 0 Å². The molecule has 1 aromatic carbocycles. The average Bonchev–Trinajstić information content (AvgIpc) is 2.06. The number of hydrogen-bond acceptors (Lipinski definition) is 2. The van der Waals surface area contributed by atoms with Crippen LogP contribution in [0, 0.1) is 0 Å². The third-order valence-corrected chi connectivity index (χ3v) is 1.91. The van der Waals surface area contributed by atoms with Crippen LogP contribution >= 0.6 is 0 Å². The van der Waals surface area contributed by atoms with Crippen molar-refractivity contribution in [2.45, 2.75) is 12.8 Å². The molecule has 0 radical (unpaired) electrons. The Morgan fingerprint density at radius 1 is 1.36 bits per heavy atom. The van der Waals surface area contributed by atoms with Gasteiger partial charge in [-0.25, -0.2) is 0 Å². The molecule has 2 rings (SSSR count). The molecule has 0 spiro atoms. The number of benzene rings is 1. The number of ether oxygens (including phenoxy) is 1. The van der Waals surface area contributed by atoms with Crippen LogP contribution in [0.25, 0.3) is 0 Å². The van der Waals surface area contributed by atoms with E-state index in [0.29, 0.717) is 5.75 Å². The summed E-state index contributed by atoms with van der Waals surface area (Å²) >= 11 is 0. The molecule has 2 heteroatoms. The molecule has 1 heterocycles. The lowest BCUT2D eigenvalue weighted by atomic mass is 10.1. The normalized spacial score (nSPS) is 15.3. The summed E-state index contributed by atoms with van der Waals surface area (Å²) in [6.07, 6.45) is 2.07. The van der Waals surface area contributed by atoms with E-state index in [-0.39, 0.29) is 5.75 Å². The first-order valence-electron chi connectivity index (χ1n) is 3.81. The standard InChI is InChI=1S/C9H10O2/c10-8-5-1-3-7-4-2-6-11-9(7)8/h1,3,5,10H,2,4,6H2. The number of phenolic OH excluding ortho intramolecular Hbond substituents is 1. The lowest BCUT2D eigenvalue weighted by Gasteiger charge is -2.17. The van der Waals surface area contributed by atoms with E-state index in [9.17, 15) is 5.11 Å². The first kappa shape index (κ1) is 6.53. The lowest BCUT2D eigenvalue weighted by Crippen LogP contribution is -2.07. The fourth-order valence-corrected chi connectivity index (χ4v) is 1.37. The van der Waals surface area contributed by atoms with E-state index < -0.39 is 0 Å². The monoisotopic (exact) mass is 150 g/mol. The van der Waals surface area contributed by atoms with E-state index in [1.54, 1.807) is 6.07 Å². The van der Waals surface area contributed by atoms with Crippen molar-refractivity contribution in [3.8, 4) is 11.5 Å². The van der Waals surface area contributed by atoms with Crippen LogP contribution in [0.5, 0.6) is 11.5 Å². The zero-order valence-corrected chi connectivity index (χ0v) is 6.21. The first-order valence-corrected chi connectivity index (χ1v) is 3.81. The van der Waals surface area contributed by atoms with E-state index >= 15 is 0 Å². The number of para-hydroxylation sites is 1. The van der Waals surface area contributed by atoms with E-state index in [2.05, 4.69) is 0 Å². The summed E-state index contributed by atoms with van der Waals surface area (Å²) in [6, 6.07) is 5.50. The molecule has 1 aliphatic rings. The number of aromatic hydroxyl groups is 1. The molecule has 58 valence electrons. The number of fused-ring (bicyclic) bond motifs is 1. The van der Waals surface area contributed by atoms with Crippen LogP contribution in [-0.4, -0.2) is 11.7 Å². The maximum absolute atomic E-state index is 9.33. The van der Waals surface area contributed by atoms with E-state index in [4.69, 9.17) is 4.74 Å². The summed E-state index contributed by atoms with van der Waals surface area (Å²) in [7, 11) is 0. The van der Waals surface area contributed by atoms with Gasteiger partial charge in [0.05, 0.1) is 6.61 Å². The van der Waals surface area contributed by atoms with Crippen molar-refractivity contribution in [3.05, 3.63) is 23.8 Å². The smallest absolute Gasteiger partial charge is 0.164 e. The van der Waals surface area contributed by atoms with Crippen molar-refractivity contribution in [2.75, 3.05) is 6.61 Å². The minimum absolute atomic E-state index is 0.266. The molecule has 2 nitrogen and oxygen atoms in total. The van der Waals surface area contributed by atoms with Gasteiger partial charge in [0.2, 0.25) is 0 Å². The van der Waals surface area contributed by atoms with Gasteiger partial charge in [0.15, 0.2) is 11.5 Å². The second-order valence-electron chi connectivity index (χ2n) is 2.72. The molecule has 1 aliphatic heterocycles. The van der Waals surface area contributed by atoms with Crippen molar-refractivity contribution in [1.82, 2.24) is 0 Å². The highest BCUT2D eigenvalue weighted by Gasteiger charge is 2.12. The van der Waals surface area contributed by atoms with E-state index in [1.807, 2.05) is 12.1 Å². The Labute approximate surface area is 65.4 Å². The van der Waals surface area contributed by atoms with Crippen LogP contribution < -0.4 is 4.74 Å². The summed E-state index contributed by atoms with van der Waals surface area (Å²) < 4.78 is 5.30. The molecule has 0 fully saturated rings. The molecule has 0 aromatic heterocycles. The van der Waals surface area contributed by atoms with Gasteiger partial charge in [0.1, 0.15) is 0 Å². The van der Waals surface area contributed by atoms with Crippen LogP contribution in [0.4, 0.5) is 0 Å². The van der Waals surface area contributed by atoms with E-state index in [0.717, 1.165) is 25.0 Å². The molecule has 1 aromatic rings. The number of rotatable bonds is 0. The topological polar surface area (TPSA) is 29.5 Å². The van der Waals surface area contributed by atoms with Crippen molar-refractivity contribution >= 4 is 0 Å². The Bertz CT molecular complexity index is 268. The molecule has 0 aliphatic carbocycles. The lowest BCUT2D eigenvalue weighted by molar-refractivity contribution is 0.273. The minimum atomic E-state index is 0.266. The van der Waals surface area contributed by atoms with Gasteiger partial charge < -0.3 is 9.84 Å². The summed E-state index contributed by atoms with van der Waals surface area (Å²) in [5.41, 5.74) is 1.12. The van der Waals surface area contributed by atoms with Gasteiger partial charge in [-0.3, -0.25) is 0 Å². The molecular weight excluding hydrogens is 140 g/mol. The van der Waals surface area contributed by atoms with Crippen LogP contribution in [-0.2, 0) is 6.42 Å². The fourth-order valence-electron chi connectivity index (χ4n) is 1.37. The molecule has 11 heavy (non-hydrogen) atoms. The molecule has 0 saturated carbocycles. The fraction of sp³-hybridized carbons (Fsp3) is 0.333. The Morgan fingerprint density at radius 3 is 3.09 bits per heavy atom. The van der Waals surface area contributed by atoms with Crippen molar-refractivity contribution in [2.24, 2.45) is 0 Å². The highest BCUT2D eigenvalue weighted by molar-refractivity contribution is 5.46. The van der Waals surface area contributed by atoms with Crippen LogP contribution in [0.1, 0.15) is 12.0 Å². The number of aryl methyl sites for hydroxylation is 1. The van der Waals surface area contributed by atoms with Gasteiger partial charge in [-0.2, -0.15) is 0 Å². The molecule has 0 bridgehead atoms. The van der Waals surface area contributed by atoms with Gasteiger partial charge in [0, 0.05) is 0 Å². The number of hydrogen-bond donors (Lipinski definition) is 1. The Morgan fingerprint density at radius 2 is 2.27 bits per heavy atom. The van der Waals surface area contributed by atoms with Gasteiger partial charge in [-0.15, -0.1) is 0 Å². The van der Waals surface area contributed by atoms with E-state index in [1.165, 1.54) is 0 Å². The Kier molecular flexibility index (Phi) is 1.46. The average molecular weight is 150 g/mol. The molecule has 0 unspecified atom stereocenters. The highest BCUT2D eigenvalue weighted by atomic mass is 16.5. The van der Waals surface area contributed by atoms with Crippen molar-refractivity contribution in [1.29, 1.82) is 0 Å². The summed E-state index contributed by atoms with van der Waals surface area (Å²) in [5.74, 6) is 0.945. The molecule has 0 atom stereocenters. The third kappa shape index (κ3) is 1.04. The predicted molar refractivity (Wildman–Crippen MR) is 41.9 cm³/mol. The SMILES string of the molecule is Oc1cccc2c1OCCC2. The van der Waals surface area contributed by atoms with Gasteiger partial charge in [-0.1, -0.05) is 12.1 Å². The van der Waals surface area contributed by atoms with Crippen LogP contribution in [0.3, 0.4) is 0 Å². The molecule has 1 N–H and O–H groups in total. The molecule has 0 saturated heterocycles. The second-order valence-corrected chi connectivity index (χ2v) is 2.72. The second kappa shape index (κ2) is 2.46. The summed E-state index contributed by atoms with van der Waals surface area (Å²) in [4.78, 5) is 0. The zero-order chi connectivity index (χ0) is 7.68. The quantitative estimate of drug-likeness (QED) is 0.610.